The topological polar surface area (TPSA) is 26.3 Å². The first-order valence-corrected chi connectivity index (χ1v) is 5.21. The molecule has 1 heterocycles. The van der Waals surface area contributed by atoms with Crippen LogP contribution in [0.25, 0.3) is 0 Å². The van der Waals surface area contributed by atoms with E-state index in [4.69, 9.17) is 4.74 Å². The second-order valence-electron chi connectivity index (χ2n) is 1.98. The summed E-state index contributed by atoms with van der Waals surface area (Å²) in [5.41, 5.74) is 0. The fourth-order valence-electron chi connectivity index (χ4n) is 0.658. The highest BCUT2D eigenvalue weighted by Crippen LogP contribution is 2.32. The zero-order valence-corrected chi connectivity index (χ0v) is 9.01. The van der Waals surface area contributed by atoms with E-state index in [0.29, 0.717) is 6.61 Å². The number of alkyl halides is 2. The van der Waals surface area contributed by atoms with Crippen molar-refractivity contribution in [3.63, 3.8) is 0 Å². The molecule has 1 atom stereocenters. The Bertz CT molecular complexity index is 137. The van der Waals surface area contributed by atoms with E-state index in [-0.39, 0.29) is 9.39 Å². The quantitative estimate of drug-likeness (QED) is 0.407. The molecule has 4 heteroatoms. The van der Waals surface area contributed by atoms with Gasteiger partial charge in [-0.15, -0.1) is 0 Å². The summed E-state index contributed by atoms with van der Waals surface area (Å²) in [6.07, 6.45) is 0.870. The molecule has 1 fully saturated rings. The van der Waals surface area contributed by atoms with E-state index in [0.717, 1.165) is 10.8 Å². The number of carbonyl (C=O) groups is 1. The van der Waals surface area contributed by atoms with Gasteiger partial charge in [0.1, 0.15) is 3.42 Å². The summed E-state index contributed by atoms with van der Waals surface area (Å²) >= 11 is 4.39. The molecule has 1 unspecified atom stereocenters. The molecule has 0 N–H and O–H groups in total. The Labute approximate surface area is 81.0 Å². The summed E-state index contributed by atoms with van der Waals surface area (Å²) in [4.78, 5) is 10.9. The minimum atomic E-state index is -0.210. The predicted molar refractivity (Wildman–Crippen MR) is 51.2 cm³/mol. The zero-order valence-electron chi connectivity index (χ0n) is 4.69. The van der Waals surface area contributed by atoms with Gasteiger partial charge in [0.25, 0.3) is 0 Å². The van der Waals surface area contributed by atoms with Gasteiger partial charge in [0.15, 0.2) is 0 Å². The van der Waals surface area contributed by atoms with Crippen LogP contribution in [0.5, 0.6) is 0 Å². The van der Waals surface area contributed by atoms with E-state index < -0.39 is 0 Å². The predicted octanol–water partition coefficient (Wildman–Crippen LogP) is 1.54. The standard InChI is InChI=1S/C5H6I2O2/c6-3-5(7)1-2-9-4(5)8/h1-3H2. The molecule has 0 bridgehead atoms. The van der Waals surface area contributed by atoms with E-state index in [2.05, 4.69) is 45.2 Å². The van der Waals surface area contributed by atoms with Crippen LogP contribution >= 0.6 is 45.2 Å². The van der Waals surface area contributed by atoms with Gasteiger partial charge in [0, 0.05) is 10.8 Å². The third kappa shape index (κ3) is 1.50. The molecular weight excluding hydrogens is 346 g/mol. The van der Waals surface area contributed by atoms with E-state index in [1.807, 2.05) is 0 Å². The van der Waals surface area contributed by atoms with Crippen molar-refractivity contribution in [1.29, 1.82) is 0 Å². The Morgan fingerprint density at radius 3 is 2.67 bits per heavy atom. The lowest BCUT2D eigenvalue weighted by molar-refractivity contribution is -0.139. The number of esters is 1. The second kappa shape index (κ2) is 2.89. The van der Waals surface area contributed by atoms with Crippen LogP contribution in [0.1, 0.15) is 6.42 Å². The second-order valence-corrected chi connectivity index (χ2v) is 4.81. The lowest BCUT2D eigenvalue weighted by atomic mass is 10.1. The average molecular weight is 352 g/mol. The maximum Gasteiger partial charge on any atom is 0.322 e. The van der Waals surface area contributed by atoms with E-state index in [9.17, 15) is 4.79 Å². The SMILES string of the molecule is O=C1OCCC1(I)CI. The molecule has 9 heavy (non-hydrogen) atoms. The van der Waals surface area contributed by atoms with Crippen molar-refractivity contribution in [1.82, 2.24) is 0 Å². The molecule has 2 nitrogen and oxygen atoms in total. The molecule has 52 valence electrons. The first kappa shape index (κ1) is 8.03. The van der Waals surface area contributed by atoms with Crippen molar-refractivity contribution in [2.45, 2.75) is 9.84 Å². The fraction of sp³-hybridized carbons (Fsp3) is 0.800. The third-order valence-corrected chi connectivity index (χ3v) is 5.43. The van der Waals surface area contributed by atoms with Gasteiger partial charge in [-0.2, -0.15) is 0 Å². The van der Waals surface area contributed by atoms with Crippen LogP contribution in [-0.4, -0.2) is 20.4 Å². The van der Waals surface area contributed by atoms with Crippen LogP contribution < -0.4 is 0 Å². The van der Waals surface area contributed by atoms with Gasteiger partial charge >= 0.3 is 5.97 Å². The number of hydrogen-bond donors (Lipinski definition) is 0. The van der Waals surface area contributed by atoms with Gasteiger partial charge in [-0.3, -0.25) is 4.79 Å². The molecule has 0 amide bonds. The smallest absolute Gasteiger partial charge is 0.322 e. The molecule has 1 rings (SSSR count). The fourth-order valence-corrected chi connectivity index (χ4v) is 1.73. The van der Waals surface area contributed by atoms with Crippen molar-refractivity contribution in [2.75, 3.05) is 11.0 Å². The van der Waals surface area contributed by atoms with Crippen LogP contribution in [0, 0.1) is 0 Å². The van der Waals surface area contributed by atoms with Gasteiger partial charge in [0.2, 0.25) is 0 Å². The molecule has 0 radical (unpaired) electrons. The maximum absolute atomic E-state index is 10.9. The van der Waals surface area contributed by atoms with Gasteiger partial charge < -0.3 is 4.74 Å². The molecule has 1 saturated heterocycles. The minimum Gasteiger partial charge on any atom is -0.465 e. The highest BCUT2D eigenvalue weighted by molar-refractivity contribution is 14.1. The van der Waals surface area contributed by atoms with Crippen molar-refractivity contribution in [3.05, 3.63) is 0 Å². The zero-order chi connectivity index (χ0) is 6.91. The maximum atomic E-state index is 10.9. The number of halogens is 2. The van der Waals surface area contributed by atoms with Crippen molar-refractivity contribution < 1.29 is 9.53 Å². The molecule has 0 aliphatic carbocycles. The first-order valence-electron chi connectivity index (χ1n) is 2.61. The summed E-state index contributed by atoms with van der Waals surface area (Å²) in [7, 11) is 0. The first-order chi connectivity index (χ1) is 4.19. The van der Waals surface area contributed by atoms with Crippen LogP contribution in [0.4, 0.5) is 0 Å². The molecular formula is C5H6I2O2. The van der Waals surface area contributed by atoms with Gasteiger partial charge in [-0.05, 0) is 0 Å². The molecule has 0 aromatic rings. The Kier molecular flexibility index (Phi) is 2.58. The number of cyclic esters (lactones) is 1. The van der Waals surface area contributed by atoms with Crippen LogP contribution in [0.3, 0.4) is 0 Å². The van der Waals surface area contributed by atoms with Crippen LogP contribution in [-0.2, 0) is 9.53 Å². The highest BCUT2D eigenvalue weighted by Gasteiger charge is 2.40. The summed E-state index contributed by atoms with van der Waals surface area (Å²) in [6.45, 7) is 0.602. The third-order valence-electron chi connectivity index (χ3n) is 1.31. The largest absolute Gasteiger partial charge is 0.465 e. The Morgan fingerprint density at radius 1 is 1.78 bits per heavy atom. The van der Waals surface area contributed by atoms with E-state index in [1.165, 1.54) is 0 Å². The van der Waals surface area contributed by atoms with Gasteiger partial charge in [0.05, 0.1) is 6.61 Å². The summed E-state index contributed by atoms with van der Waals surface area (Å²) in [5.74, 6) is -0.0440. The van der Waals surface area contributed by atoms with Crippen LogP contribution in [0.2, 0.25) is 0 Å². The molecule has 0 aromatic carbocycles. The molecule has 0 saturated carbocycles. The average Bonchev–Trinajstić information content (AvgIpc) is 2.15. The van der Waals surface area contributed by atoms with Crippen molar-refractivity contribution >= 4 is 51.2 Å². The Hall–Kier alpha value is 0.930. The number of hydrogen-bond acceptors (Lipinski definition) is 2. The van der Waals surface area contributed by atoms with Crippen molar-refractivity contribution in [3.8, 4) is 0 Å². The number of ether oxygens (including phenoxy) is 1. The molecule has 1 aliphatic rings. The monoisotopic (exact) mass is 352 g/mol. The Balaban J connectivity index is 2.67. The molecule has 0 spiro atoms. The molecule has 0 aromatic heterocycles. The highest BCUT2D eigenvalue weighted by atomic mass is 127. The lowest BCUT2D eigenvalue weighted by Crippen LogP contribution is -2.27. The number of carbonyl (C=O) groups excluding carboxylic acids is 1. The summed E-state index contributed by atoms with van der Waals surface area (Å²) in [6, 6.07) is 0. The van der Waals surface area contributed by atoms with Crippen LogP contribution in [0.15, 0.2) is 0 Å². The summed E-state index contributed by atoms with van der Waals surface area (Å²) < 4.78 is 5.45. The molecule has 1 aliphatic heterocycles. The number of rotatable bonds is 1. The summed E-state index contributed by atoms with van der Waals surface area (Å²) in [5, 5.41) is 0. The van der Waals surface area contributed by atoms with Crippen molar-refractivity contribution in [2.24, 2.45) is 0 Å². The van der Waals surface area contributed by atoms with E-state index >= 15 is 0 Å². The van der Waals surface area contributed by atoms with E-state index in [1.54, 1.807) is 0 Å². The Morgan fingerprint density at radius 2 is 2.44 bits per heavy atom. The normalized spacial score (nSPS) is 34.7. The minimum absolute atomic E-state index is 0.0440. The van der Waals surface area contributed by atoms with Gasteiger partial charge in [-0.25, -0.2) is 0 Å². The lowest BCUT2D eigenvalue weighted by Gasteiger charge is -2.10. The van der Waals surface area contributed by atoms with Gasteiger partial charge in [-0.1, -0.05) is 45.2 Å².